The summed E-state index contributed by atoms with van der Waals surface area (Å²) in [5, 5.41) is 3.92. The van der Waals surface area contributed by atoms with Crippen LogP contribution in [0.5, 0.6) is 11.6 Å². The second-order valence-electron chi connectivity index (χ2n) is 3.96. The molecule has 2 aromatic heterocycles. The van der Waals surface area contributed by atoms with E-state index in [4.69, 9.17) is 10.5 Å². The van der Waals surface area contributed by atoms with Crippen LogP contribution in [-0.4, -0.2) is 19.6 Å². The highest BCUT2D eigenvalue weighted by molar-refractivity contribution is 5.50. The molecule has 1 aromatic carbocycles. The molecule has 0 amide bonds. The van der Waals surface area contributed by atoms with Crippen molar-refractivity contribution < 1.29 is 9.13 Å². The number of aromatic nitrogens is 4. The quantitative estimate of drug-likeness (QED) is 0.711. The first-order chi connectivity index (χ1) is 9.15. The predicted molar refractivity (Wildman–Crippen MR) is 66.4 cm³/mol. The lowest BCUT2D eigenvalue weighted by atomic mass is 10.2. The van der Waals surface area contributed by atoms with Crippen LogP contribution in [0.25, 0.3) is 5.78 Å². The molecular weight excluding hydrogens is 249 g/mol. The first-order valence-electron chi connectivity index (χ1n) is 5.54. The third-order valence-electron chi connectivity index (χ3n) is 2.70. The zero-order valence-electron chi connectivity index (χ0n) is 10.0. The van der Waals surface area contributed by atoms with Crippen LogP contribution < -0.4 is 10.5 Å². The normalized spacial score (nSPS) is 10.8. The lowest BCUT2D eigenvalue weighted by Gasteiger charge is -2.09. The van der Waals surface area contributed by atoms with E-state index in [1.54, 1.807) is 25.3 Å². The molecule has 0 aliphatic carbocycles. The fourth-order valence-corrected chi connectivity index (χ4v) is 1.67. The van der Waals surface area contributed by atoms with Crippen LogP contribution in [-0.2, 0) is 0 Å². The Hall–Kier alpha value is -2.70. The summed E-state index contributed by atoms with van der Waals surface area (Å²) >= 11 is 0. The molecule has 6 nitrogen and oxygen atoms in total. The summed E-state index contributed by atoms with van der Waals surface area (Å²) in [5.74, 6) is 0.600. The largest absolute Gasteiger partial charge is 0.438 e. The minimum atomic E-state index is -0.485. The minimum absolute atomic E-state index is 0.0886. The van der Waals surface area contributed by atoms with Gasteiger partial charge < -0.3 is 10.5 Å². The summed E-state index contributed by atoms with van der Waals surface area (Å²) in [6.07, 6.45) is 3.05. The maximum Gasteiger partial charge on any atom is 0.255 e. The standard InChI is InChI=1S/C12H10FN5O/c1-7-9(3-2-8(14)11(7)13)19-10-4-5-18-12(17-10)15-6-16-18/h2-6H,14H2,1H3. The number of nitrogens with zero attached hydrogens (tertiary/aromatic N) is 4. The van der Waals surface area contributed by atoms with Crippen LogP contribution in [0, 0.1) is 12.7 Å². The fourth-order valence-electron chi connectivity index (χ4n) is 1.67. The number of hydrogen-bond donors (Lipinski definition) is 1. The van der Waals surface area contributed by atoms with E-state index in [1.807, 2.05) is 0 Å². The highest BCUT2D eigenvalue weighted by Gasteiger charge is 2.10. The zero-order valence-corrected chi connectivity index (χ0v) is 10.0. The smallest absolute Gasteiger partial charge is 0.255 e. The molecular formula is C12H10FN5O. The number of anilines is 1. The van der Waals surface area contributed by atoms with Gasteiger partial charge in [0, 0.05) is 17.8 Å². The lowest BCUT2D eigenvalue weighted by Crippen LogP contribution is -1.98. The third-order valence-corrected chi connectivity index (χ3v) is 2.70. The average Bonchev–Trinajstić information content (AvgIpc) is 2.87. The highest BCUT2D eigenvalue weighted by atomic mass is 19.1. The van der Waals surface area contributed by atoms with Gasteiger partial charge in [-0.1, -0.05) is 0 Å². The van der Waals surface area contributed by atoms with Crippen LogP contribution in [0.3, 0.4) is 0 Å². The molecule has 0 aliphatic rings. The molecule has 0 aliphatic heterocycles. The number of halogens is 1. The summed E-state index contributed by atoms with van der Waals surface area (Å²) in [6.45, 7) is 1.59. The number of nitrogen functional groups attached to an aromatic ring is 1. The van der Waals surface area contributed by atoms with Crippen molar-refractivity contribution in [3.8, 4) is 11.6 Å². The van der Waals surface area contributed by atoms with Gasteiger partial charge >= 0.3 is 0 Å². The van der Waals surface area contributed by atoms with Crippen molar-refractivity contribution in [3.05, 3.63) is 42.1 Å². The topological polar surface area (TPSA) is 78.3 Å². The summed E-state index contributed by atoms with van der Waals surface area (Å²) in [7, 11) is 0. The molecule has 2 heterocycles. The van der Waals surface area contributed by atoms with Gasteiger partial charge in [0.1, 0.15) is 12.1 Å². The summed E-state index contributed by atoms with van der Waals surface area (Å²) in [4.78, 5) is 8.08. The number of rotatable bonds is 2. The van der Waals surface area contributed by atoms with E-state index in [9.17, 15) is 4.39 Å². The maximum absolute atomic E-state index is 13.6. The van der Waals surface area contributed by atoms with E-state index < -0.39 is 5.82 Å². The Morgan fingerprint density at radius 3 is 3.00 bits per heavy atom. The van der Waals surface area contributed by atoms with E-state index in [2.05, 4.69) is 15.1 Å². The van der Waals surface area contributed by atoms with Crippen molar-refractivity contribution in [2.45, 2.75) is 6.92 Å². The average molecular weight is 259 g/mol. The first kappa shape index (κ1) is 11.4. The monoisotopic (exact) mass is 259 g/mol. The first-order valence-corrected chi connectivity index (χ1v) is 5.54. The number of fused-ring (bicyclic) bond motifs is 1. The zero-order chi connectivity index (χ0) is 13.4. The number of hydrogen-bond acceptors (Lipinski definition) is 5. The van der Waals surface area contributed by atoms with Gasteiger partial charge in [0.05, 0.1) is 5.69 Å². The molecule has 19 heavy (non-hydrogen) atoms. The van der Waals surface area contributed by atoms with Gasteiger partial charge in [-0.25, -0.2) is 8.91 Å². The lowest BCUT2D eigenvalue weighted by molar-refractivity contribution is 0.453. The molecule has 96 valence electrons. The second kappa shape index (κ2) is 4.20. The molecule has 0 atom stereocenters. The van der Waals surface area contributed by atoms with Crippen LogP contribution >= 0.6 is 0 Å². The molecule has 0 radical (unpaired) electrons. The van der Waals surface area contributed by atoms with Gasteiger partial charge in [-0.3, -0.25) is 0 Å². The Bertz CT molecular complexity index is 755. The Balaban J connectivity index is 1.98. The molecule has 0 saturated heterocycles. The van der Waals surface area contributed by atoms with Crippen molar-refractivity contribution in [2.75, 3.05) is 5.73 Å². The molecule has 0 fully saturated rings. The molecule has 0 unspecified atom stereocenters. The number of nitrogens with two attached hydrogens (primary N) is 1. The van der Waals surface area contributed by atoms with Crippen LogP contribution in [0.4, 0.5) is 10.1 Å². The molecule has 0 saturated carbocycles. The Morgan fingerprint density at radius 2 is 2.16 bits per heavy atom. The van der Waals surface area contributed by atoms with Gasteiger partial charge in [0.25, 0.3) is 5.78 Å². The van der Waals surface area contributed by atoms with Crippen molar-refractivity contribution in [1.82, 2.24) is 19.6 Å². The molecule has 3 rings (SSSR count). The Kier molecular flexibility index (Phi) is 2.52. The van der Waals surface area contributed by atoms with E-state index in [0.717, 1.165) is 0 Å². The molecule has 0 spiro atoms. The van der Waals surface area contributed by atoms with Gasteiger partial charge in [-0.15, -0.1) is 0 Å². The Labute approximate surface area is 107 Å². The fraction of sp³-hybridized carbons (Fsp3) is 0.0833. The summed E-state index contributed by atoms with van der Waals surface area (Å²) in [5.41, 5.74) is 5.90. The second-order valence-corrected chi connectivity index (χ2v) is 3.96. The van der Waals surface area contributed by atoms with Gasteiger partial charge in [-0.2, -0.15) is 15.1 Å². The SMILES string of the molecule is Cc1c(Oc2ccn3ncnc3n2)ccc(N)c1F. The molecule has 7 heteroatoms. The van der Waals surface area contributed by atoms with Gasteiger partial charge in [0.2, 0.25) is 5.88 Å². The van der Waals surface area contributed by atoms with Gasteiger partial charge in [0.15, 0.2) is 5.82 Å². The number of ether oxygens (including phenoxy) is 1. The molecule has 0 bridgehead atoms. The van der Waals surface area contributed by atoms with Crippen molar-refractivity contribution in [3.63, 3.8) is 0 Å². The van der Waals surface area contributed by atoms with Crippen LogP contribution in [0.2, 0.25) is 0 Å². The van der Waals surface area contributed by atoms with Crippen LogP contribution in [0.1, 0.15) is 5.56 Å². The van der Waals surface area contributed by atoms with Crippen molar-refractivity contribution in [2.24, 2.45) is 0 Å². The number of benzene rings is 1. The molecule has 3 aromatic rings. The minimum Gasteiger partial charge on any atom is -0.438 e. The van der Waals surface area contributed by atoms with E-state index in [0.29, 0.717) is 23.0 Å². The highest BCUT2D eigenvalue weighted by Crippen LogP contribution is 2.28. The summed E-state index contributed by atoms with van der Waals surface area (Å²) in [6, 6.07) is 4.67. The molecule has 2 N–H and O–H groups in total. The van der Waals surface area contributed by atoms with Gasteiger partial charge in [-0.05, 0) is 19.1 Å². The van der Waals surface area contributed by atoms with Crippen molar-refractivity contribution in [1.29, 1.82) is 0 Å². The maximum atomic E-state index is 13.6. The van der Waals surface area contributed by atoms with Crippen LogP contribution in [0.15, 0.2) is 30.7 Å². The Morgan fingerprint density at radius 1 is 1.32 bits per heavy atom. The van der Waals surface area contributed by atoms with E-state index in [1.165, 1.54) is 16.9 Å². The predicted octanol–water partition coefficient (Wildman–Crippen LogP) is 1.95. The third kappa shape index (κ3) is 1.95. The summed E-state index contributed by atoms with van der Waals surface area (Å²) < 4.78 is 20.7. The van der Waals surface area contributed by atoms with E-state index in [-0.39, 0.29) is 5.69 Å². The van der Waals surface area contributed by atoms with Crippen molar-refractivity contribution >= 4 is 11.5 Å². The van der Waals surface area contributed by atoms with E-state index >= 15 is 0 Å².